The van der Waals surface area contributed by atoms with Crippen LogP contribution in [0.15, 0.2) is 48.5 Å². The van der Waals surface area contributed by atoms with Crippen molar-refractivity contribution < 1.29 is 35.2 Å². The summed E-state index contributed by atoms with van der Waals surface area (Å²) in [5, 5.41) is 1.81. The Morgan fingerprint density at radius 3 is 2.09 bits per heavy atom. The molecule has 0 atom stereocenters. The van der Waals surface area contributed by atoms with Crippen molar-refractivity contribution in [2.24, 2.45) is 0 Å². The summed E-state index contributed by atoms with van der Waals surface area (Å²) < 4.78 is 37.3. The van der Waals surface area contributed by atoms with Gasteiger partial charge in [0, 0.05) is 16.8 Å². The molecule has 0 fully saturated rings. The van der Waals surface area contributed by atoms with Gasteiger partial charge in [-0.2, -0.15) is 13.2 Å². The zero-order chi connectivity index (χ0) is 16.3. The van der Waals surface area contributed by atoms with E-state index in [1.54, 1.807) is 0 Å². The minimum absolute atomic E-state index is 0. The lowest BCUT2D eigenvalue weighted by Crippen LogP contribution is -3.00. The summed E-state index contributed by atoms with van der Waals surface area (Å²) in [6.45, 7) is 0. The van der Waals surface area contributed by atoms with E-state index >= 15 is 0 Å². The van der Waals surface area contributed by atoms with Crippen molar-refractivity contribution >= 4 is 28.4 Å². The monoisotopic (exact) mass is 362 g/mol. The van der Waals surface area contributed by atoms with Gasteiger partial charge >= 0.3 is 6.18 Å². The topological polar surface area (TPSA) is 46.2 Å². The third-order valence-corrected chi connectivity index (χ3v) is 3.04. The molecule has 23 heavy (non-hydrogen) atoms. The minimum atomic E-state index is -4.45. The van der Waals surface area contributed by atoms with Gasteiger partial charge in [0.05, 0.1) is 5.56 Å². The van der Waals surface area contributed by atoms with Crippen molar-refractivity contribution in [3.8, 4) is 0 Å². The Hall–Kier alpha value is -2.05. The minimum Gasteiger partial charge on any atom is -1.00 e. The smallest absolute Gasteiger partial charge is 0.416 e. The van der Waals surface area contributed by atoms with E-state index in [-0.39, 0.29) is 23.5 Å². The van der Waals surface area contributed by atoms with Crippen LogP contribution < -0.4 is 17.7 Å². The van der Waals surface area contributed by atoms with Crippen molar-refractivity contribution in [2.45, 2.75) is 6.18 Å². The molecule has 0 bridgehead atoms. The maximum atomic E-state index is 12.4. The first-order valence-corrected chi connectivity index (χ1v) is 6.43. The molecule has 2 rings (SSSR count). The number of rotatable bonds is 3. The first-order valence-electron chi connectivity index (χ1n) is 6.06. The standard InChI is InChI=1S/C15H9ClF3NO2.ClH/c16-13(21)10-2-1-3-12(8-10)20-14(22)9-4-6-11(7-5-9)15(17,18)19;/h1-8H,(H,20,22);1H/p-1. The number of nitrogens with one attached hydrogen (secondary N) is 1. The van der Waals surface area contributed by atoms with E-state index in [0.29, 0.717) is 5.69 Å². The number of amides is 1. The predicted molar refractivity (Wildman–Crippen MR) is 76.0 cm³/mol. The summed E-state index contributed by atoms with van der Waals surface area (Å²) in [6, 6.07) is 9.72. The summed E-state index contributed by atoms with van der Waals surface area (Å²) >= 11 is 5.33. The number of carbonyl (C=O) groups is 2. The second kappa shape index (κ2) is 7.48. The Morgan fingerprint density at radius 1 is 0.957 bits per heavy atom. The van der Waals surface area contributed by atoms with Crippen LogP contribution in [-0.4, -0.2) is 11.1 Å². The lowest BCUT2D eigenvalue weighted by atomic mass is 10.1. The lowest BCUT2D eigenvalue weighted by molar-refractivity contribution is -0.137. The van der Waals surface area contributed by atoms with E-state index in [2.05, 4.69) is 5.32 Å². The molecule has 122 valence electrons. The molecule has 0 saturated heterocycles. The van der Waals surface area contributed by atoms with Crippen molar-refractivity contribution in [2.75, 3.05) is 5.32 Å². The molecule has 0 aromatic heterocycles. The summed E-state index contributed by atoms with van der Waals surface area (Å²) in [5.74, 6) is -0.590. The molecule has 0 unspecified atom stereocenters. The molecular formula is C15H9Cl2F3NO2-. The molecule has 0 aliphatic carbocycles. The second-order valence-electron chi connectivity index (χ2n) is 4.38. The molecule has 3 nitrogen and oxygen atoms in total. The fourth-order valence-electron chi connectivity index (χ4n) is 1.73. The summed E-state index contributed by atoms with van der Waals surface area (Å²) in [7, 11) is 0. The number of alkyl halides is 3. The van der Waals surface area contributed by atoms with Crippen LogP contribution in [0.25, 0.3) is 0 Å². The average Bonchev–Trinajstić information content (AvgIpc) is 2.46. The lowest BCUT2D eigenvalue weighted by Gasteiger charge is -2.08. The number of hydrogen-bond donors (Lipinski definition) is 1. The number of hydrogen-bond acceptors (Lipinski definition) is 2. The summed E-state index contributed by atoms with van der Waals surface area (Å²) in [5.41, 5.74) is -0.252. The van der Waals surface area contributed by atoms with E-state index in [1.807, 2.05) is 0 Å². The molecule has 0 radical (unpaired) electrons. The maximum absolute atomic E-state index is 12.4. The van der Waals surface area contributed by atoms with E-state index in [4.69, 9.17) is 11.6 Å². The molecule has 2 aromatic carbocycles. The zero-order valence-electron chi connectivity index (χ0n) is 11.3. The van der Waals surface area contributed by atoms with Crippen LogP contribution in [0.4, 0.5) is 18.9 Å². The zero-order valence-corrected chi connectivity index (χ0v) is 12.8. The Morgan fingerprint density at radius 2 is 1.57 bits per heavy atom. The number of anilines is 1. The van der Waals surface area contributed by atoms with Gasteiger partial charge in [-0.15, -0.1) is 0 Å². The molecule has 0 aliphatic heterocycles. The molecule has 8 heteroatoms. The third-order valence-electron chi connectivity index (χ3n) is 2.82. The molecule has 2 aromatic rings. The van der Waals surface area contributed by atoms with E-state index in [1.165, 1.54) is 24.3 Å². The third kappa shape index (κ3) is 4.97. The Balaban J connectivity index is 0.00000264. The average molecular weight is 363 g/mol. The molecule has 0 heterocycles. The predicted octanol–water partition coefficient (Wildman–Crippen LogP) is 1.34. The largest absolute Gasteiger partial charge is 1.00 e. The number of carbonyl (C=O) groups excluding carboxylic acids is 2. The van der Waals surface area contributed by atoms with Crippen LogP contribution in [0.2, 0.25) is 0 Å². The summed E-state index contributed by atoms with van der Waals surface area (Å²) in [6.07, 6.45) is -4.45. The number of benzene rings is 2. The normalized spacial score (nSPS) is 10.6. The Bertz CT molecular complexity index is 715. The van der Waals surface area contributed by atoms with Gasteiger partial charge in [0.2, 0.25) is 0 Å². The van der Waals surface area contributed by atoms with Gasteiger partial charge in [-0.3, -0.25) is 9.59 Å². The molecule has 1 N–H and O–H groups in total. The van der Waals surface area contributed by atoms with Crippen LogP contribution in [0.1, 0.15) is 26.3 Å². The Kier molecular flexibility index (Phi) is 6.18. The highest BCUT2D eigenvalue weighted by atomic mass is 35.5. The van der Waals surface area contributed by atoms with Gasteiger partial charge in [0.15, 0.2) is 0 Å². The molecule has 0 aliphatic rings. The van der Waals surface area contributed by atoms with Crippen LogP contribution in [0.5, 0.6) is 0 Å². The quantitative estimate of drug-likeness (QED) is 0.837. The molecule has 0 saturated carbocycles. The van der Waals surface area contributed by atoms with Crippen molar-refractivity contribution in [3.05, 3.63) is 65.2 Å². The molecule has 0 spiro atoms. The van der Waals surface area contributed by atoms with E-state index in [9.17, 15) is 22.8 Å². The highest BCUT2D eigenvalue weighted by molar-refractivity contribution is 6.67. The highest BCUT2D eigenvalue weighted by Crippen LogP contribution is 2.29. The Labute approximate surface area is 140 Å². The van der Waals surface area contributed by atoms with E-state index in [0.717, 1.165) is 24.3 Å². The number of halogens is 5. The fourth-order valence-corrected chi connectivity index (χ4v) is 1.85. The van der Waals surface area contributed by atoms with Crippen molar-refractivity contribution in [1.29, 1.82) is 0 Å². The first kappa shape index (κ1) is 19.0. The van der Waals surface area contributed by atoms with Crippen LogP contribution in [0.3, 0.4) is 0 Å². The van der Waals surface area contributed by atoms with Gasteiger partial charge in [0.1, 0.15) is 0 Å². The van der Waals surface area contributed by atoms with Gasteiger partial charge in [-0.05, 0) is 54.1 Å². The van der Waals surface area contributed by atoms with Gasteiger partial charge in [-0.1, -0.05) is 6.07 Å². The molecular weight excluding hydrogens is 354 g/mol. The van der Waals surface area contributed by atoms with Crippen LogP contribution >= 0.6 is 11.6 Å². The molecule has 1 amide bonds. The van der Waals surface area contributed by atoms with Crippen LogP contribution in [-0.2, 0) is 6.18 Å². The SMILES string of the molecule is O=C(Cl)c1cccc(NC(=O)c2ccc(C(F)(F)F)cc2)c1.[Cl-]. The second-order valence-corrected chi connectivity index (χ2v) is 4.73. The summed E-state index contributed by atoms with van der Waals surface area (Å²) in [4.78, 5) is 23.0. The maximum Gasteiger partial charge on any atom is 0.416 e. The fraction of sp³-hybridized carbons (Fsp3) is 0.0667. The first-order chi connectivity index (χ1) is 10.3. The van der Waals surface area contributed by atoms with Crippen LogP contribution in [0, 0.1) is 0 Å². The van der Waals surface area contributed by atoms with Crippen molar-refractivity contribution in [3.63, 3.8) is 0 Å². The van der Waals surface area contributed by atoms with Gasteiger partial charge < -0.3 is 17.7 Å². The van der Waals surface area contributed by atoms with Gasteiger partial charge in [-0.25, -0.2) is 0 Å². The van der Waals surface area contributed by atoms with E-state index < -0.39 is 22.9 Å². The van der Waals surface area contributed by atoms with Gasteiger partial charge in [0.25, 0.3) is 11.1 Å². The van der Waals surface area contributed by atoms with Crippen molar-refractivity contribution in [1.82, 2.24) is 0 Å². The highest BCUT2D eigenvalue weighted by Gasteiger charge is 2.30.